The lowest BCUT2D eigenvalue weighted by molar-refractivity contribution is -0.274. The molecular formula is C32H29F5N6O2S. The van der Waals surface area contributed by atoms with E-state index in [4.69, 9.17) is 0 Å². The summed E-state index contributed by atoms with van der Waals surface area (Å²) < 4.78 is 74.3. The second-order valence-electron chi connectivity index (χ2n) is 10.4. The average Bonchev–Trinajstić information content (AvgIpc) is 3.64. The number of aromatic nitrogens is 4. The van der Waals surface area contributed by atoms with Crippen molar-refractivity contribution in [2.24, 2.45) is 4.99 Å². The first-order valence-corrected chi connectivity index (χ1v) is 15.1. The summed E-state index contributed by atoms with van der Waals surface area (Å²) in [7, 11) is 0. The van der Waals surface area contributed by atoms with Crippen LogP contribution in [-0.2, 0) is 6.42 Å². The van der Waals surface area contributed by atoms with Gasteiger partial charge in [-0.25, -0.2) is 23.2 Å². The number of carbonyl (C=O) groups is 1. The first-order chi connectivity index (χ1) is 21.9. The van der Waals surface area contributed by atoms with Gasteiger partial charge in [-0.15, -0.1) is 29.6 Å². The Morgan fingerprint density at radius 1 is 1.04 bits per heavy atom. The van der Waals surface area contributed by atoms with E-state index in [9.17, 15) is 22.4 Å². The smallest absolute Gasteiger partial charge is 0.406 e. The van der Waals surface area contributed by atoms with Crippen molar-refractivity contribution >= 4 is 17.4 Å². The normalized spacial score (nSPS) is 13.4. The van der Waals surface area contributed by atoms with Crippen molar-refractivity contribution in [2.45, 2.75) is 52.4 Å². The number of urea groups is 1. The minimum atomic E-state index is -4.80. The highest BCUT2D eigenvalue weighted by atomic mass is 32.1. The van der Waals surface area contributed by atoms with Crippen LogP contribution >= 0.6 is 11.3 Å². The Kier molecular flexibility index (Phi) is 9.65. The van der Waals surface area contributed by atoms with Gasteiger partial charge in [0, 0.05) is 16.6 Å². The van der Waals surface area contributed by atoms with E-state index >= 15 is 4.39 Å². The van der Waals surface area contributed by atoms with E-state index in [1.165, 1.54) is 58.7 Å². The van der Waals surface area contributed by atoms with Crippen LogP contribution in [0.4, 0.5) is 26.7 Å². The number of thiazole rings is 1. The van der Waals surface area contributed by atoms with Crippen molar-refractivity contribution < 1.29 is 31.5 Å². The molecule has 0 spiro atoms. The molecule has 5 rings (SSSR count). The summed E-state index contributed by atoms with van der Waals surface area (Å²) in [5, 5.41) is 8.14. The van der Waals surface area contributed by atoms with Crippen LogP contribution in [0.1, 0.15) is 41.9 Å². The van der Waals surface area contributed by atoms with Gasteiger partial charge >= 0.3 is 12.4 Å². The highest BCUT2D eigenvalue weighted by molar-refractivity contribution is 7.07. The molecule has 0 aliphatic heterocycles. The van der Waals surface area contributed by atoms with Crippen LogP contribution in [0.5, 0.6) is 5.75 Å². The molecule has 2 amide bonds. The summed E-state index contributed by atoms with van der Waals surface area (Å²) in [6.07, 6.45) is -6.23. The van der Waals surface area contributed by atoms with Gasteiger partial charge in [0.25, 0.3) is 0 Å². The Labute approximate surface area is 264 Å². The number of nitrogens with one attached hydrogen (secondary N) is 1. The molecule has 2 unspecified atom stereocenters. The third-order valence-electron chi connectivity index (χ3n) is 6.91. The Hall–Kier alpha value is -4.85. The Balaban J connectivity index is 1.26. The number of halogens is 5. The first-order valence-electron chi connectivity index (χ1n) is 14.2. The molecular weight excluding hydrogens is 627 g/mol. The van der Waals surface area contributed by atoms with Crippen molar-refractivity contribution in [3.63, 3.8) is 0 Å². The maximum atomic E-state index is 15.1. The predicted molar refractivity (Wildman–Crippen MR) is 163 cm³/mol. The molecule has 0 aliphatic rings. The van der Waals surface area contributed by atoms with Crippen LogP contribution in [0.15, 0.2) is 83.4 Å². The third-order valence-corrected chi connectivity index (χ3v) is 7.85. The molecule has 46 heavy (non-hydrogen) atoms. The molecule has 0 fully saturated rings. The van der Waals surface area contributed by atoms with Gasteiger partial charge in [-0.3, -0.25) is 4.57 Å². The fraction of sp³-hybridized carbons (Fsp3) is 0.250. The molecule has 5 aromatic rings. The lowest BCUT2D eigenvalue weighted by Crippen LogP contribution is -2.34. The van der Waals surface area contributed by atoms with Crippen molar-refractivity contribution in [1.82, 2.24) is 24.6 Å². The van der Waals surface area contributed by atoms with Crippen molar-refractivity contribution in [2.75, 3.05) is 0 Å². The highest BCUT2D eigenvalue weighted by Gasteiger charge is 2.31. The fourth-order valence-electron chi connectivity index (χ4n) is 4.74. The zero-order valence-electron chi connectivity index (χ0n) is 24.9. The number of hydrogen-bond acceptors (Lipinski definition) is 5. The van der Waals surface area contributed by atoms with Gasteiger partial charge in [-0.2, -0.15) is 4.99 Å². The minimum absolute atomic E-state index is 0.0257. The number of benzene rings is 3. The van der Waals surface area contributed by atoms with Crippen LogP contribution in [0.3, 0.4) is 0 Å². The second-order valence-corrected chi connectivity index (χ2v) is 11.3. The maximum Gasteiger partial charge on any atom is 0.573 e. The van der Waals surface area contributed by atoms with E-state index < -0.39 is 24.9 Å². The summed E-state index contributed by atoms with van der Waals surface area (Å²) >= 11 is 1.23. The molecule has 0 saturated heterocycles. The van der Waals surface area contributed by atoms with Crippen molar-refractivity contribution in [3.05, 3.63) is 106 Å². The van der Waals surface area contributed by atoms with E-state index in [0.29, 0.717) is 16.1 Å². The number of hydrogen-bond donors (Lipinski definition) is 1. The van der Waals surface area contributed by atoms with Crippen LogP contribution in [0.2, 0.25) is 0 Å². The largest absolute Gasteiger partial charge is 0.573 e. The van der Waals surface area contributed by atoms with E-state index in [0.717, 1.165) is 47.5 Å². The first kappa shape index (κ1) is 32.5. The Morgan fingerprint density at radius 3 is 2.43 bits per heavy atom. The number of amides is 2. The van der Waals surface area contributed by atoms with Crippen molar-refractivity contribution in [3.8, 4) is 28.5 Å². The molecule has 3 aromatic carbocycles. The van der Waals surface area contributed by atoms with Crippen LogP contribution < -0.4 is 14.9 Å². The standard InChI is InChI=1S/C32H29F5N6O2S/c1-4-5-21-7-6-19(2)16-26(21)43-20(3)17-46-31(43)40-30(44)39-28(34)27(33)22-8-10-23(11-9-22)29-38-18-42(41-29)24-12-14-25(15-13-24)45-32(35,36)37/h6-18,27-28H,4-5H2,1-3H3,(H,39,44). The van der Waals surface area contributed by atoms with E-state index in [1.54, 1.807) is 0 Å². The summed E-state index contributed by atoms with van der Waals surface area (Å²) in [5.74, 6) is -0.130. The number of rotatable bonds is 9. The minimum Gasteiger partial charge on any atom is -0.406 e. The molecule has 0 radical (unpaired) electrons. The van der Waals surface area contributed by atoms with Crippen LogP contribution in [-0.4, -0.2) is 38.0 Å². The van der Waals surface area contributed by atoms with E-state index in [1.807, 2.05) is 47.3 Å². The quantitative estimate of drug-likeness (QED) is 0.129. The molecule has 0 aliphatic carbocycles. The van der Waals surface area contributed by atoms with Gasteiger partial charge in [-0.05, 0) is 67.3 Å². The van der Waals surface area contributed by atoms with Gasteiger partial charge in [0.15, 0.2) is 16.8 Å². The third kappa shape index (κ3) is 7.68. The molecule has 2 heterocycles. The molecule has 14 heteroatoms. The average molecular weight is 657 g/mol. The molecule has 8 nitrogen and oxygen atoms in total. The molecule has 2 atom stereocenters. The molecule has 1 N–H and O–H groups in total. The lowest BCUT2D eigenvalue weighted by atomic mass is 10.1. The maximum absolute atomic E-state index is 15.1. The lowest BCUT2D eigenvalue weighted by Gasteiger charge is -2.15. The van der Waals surface area contributed by atoms with Gasteiger partial charge in [0.05, 0.1) is 11.4 Å². The number of aryl methyl sites for hydroxylation is 3. The van der Waals surface area contributed by atoms with Gasteiger partial charge in [0.1, 0.15) is 12.1 Å². The van der Waals surface area contributed by atoms with Gasteiger partial charge in [-0.1, -0.05) is 49.7 Å². The van der Waals surface area contributed by atoms with Gasteiger partial charge < -0.3 is 10.1 Å². The number of ether oxygens (including phenoxy) is 1. The second kappa shape index (κ2) is 13.6. The molecule has 240 valence electrons. The number of nitrogens with zero attached hydrogens (tertiary/aromatic N) is 5. The zero-order chi connectivity index (χ0) is 33.0. The van der Waals surface area contributed by atoms with E-state index in [2.05, 4.69) is 26.7 Å². The fourth-order valence-corrected chi connectivity index (χ4v) is 5.61. The highest BCUT2D eigenvalue weighted by Crippen LogP contribution is 2.27. The number of alkyl halides is 5. The van der Waals surface area contributed by atoms with E-state index in [-0.39, 0.29) is 17.1 Å². The summed E-state index contributed by atoms with van der Waals surface area (Å²) in [4.78, 5) is 21.3. The van der Waals surface area contributed by atoms with Crippen molar-refractivity contribution in [1.29, 1.82) is 0 Å². The van der Waals surface area contributed by atoms with Crippen LogP contribution in [0.25, 0.3) is 22.8 Å². The number of carbonyl (C=O) groups excluding carboxylic acids is 1. The molecule has 2 aromatic heterocycles. The summed E-state index contributed by atoms with van der Waals surface area (Å²) in [5.41, 5.74) is 4.75. The molecule has 0 bridgehead atoms. The Morgan fingerprint density at radius 2 is 1.76 bits per heavy atom. The topological polar surface area (TPSA) is 86.3 Å². The summed E-state index contributed by atoms with van der Waals surface area (Å²) in [6, 6.07) is 15.8. The predicted octanol–water partition coefficient (Wildman–Crippen LogP) is 7.87. The monoisotopic (exact) mass is 656 g/mol. The van der Waals surface area contributed by atoms with Gasteiger partial charge in [0.2, 0.25) is 6.30 Å². The SMILES string of the molecule is CCCc1ccc(C)cc1-n1c(C)csc1=NC(=O)NC(F)C(F)c1ccc(-c2ncn(-c3ccc(OC(F)(F)F)cc3)n2)cc1. The van der Waals surface area contributed by atoms with Crippen LogP contribution in [0, 0.1) is 13.8 Å². The zero-order valence-corrected chi connectivity index (χ0v) is 25.7. The summed E-state index contributed by atoms with van der Waals surface area (Å²) in [6.45, 7) is 5.93. The Bertz CT molecular complexity index is 1880. The molecule has 0 saturated carbocycles.